The van der Waals surface area contributed by atoms with Gasteiger partial charge in [-0.1, -0.05) is 79.6 Å². The van der Waals surface area contributed by atoms with Crippen LogP contribution in [0.3, 0.4) is 0 Å². The highest BCUT2D eigenvalue weighted by atomic mass is 32.2. The van der Waals surface area contributed by atoms with Crippen LogP contribution in [0, 0.1) is 22.7 Å². The van der Waals surface area contributed by atoms with Crippen molar-refractivity contribution in [3.8, 4) is 0 Å². The summed E-state index contributed by atoms with van der Waals surface area (Å²) in [6.07, 6.45) is 10.6. The fraction of sp³-hybridized carbons (Fsp3) is 0.861. The average molecular weight is 706 g/mol. The minimum atomic E-state index is -3.38. The summed E-state index contributed by atoms with van der Waals surface area (Å²) < 4.78 is 25.6. The molecular weight excluding hydrogens is 646 g/mol. The summed E-state index contributed by atoms with van der Waals surface area (Å²) in [6, 6.07) is -3.30. The number of piperidine rings is 1. The lowest BCUT2D eigenvalue weighted by Crippen LogP contribution is -2.64. The second kappa shape index (κ2) is 14.5. The number of urea groups is 1. The summed E-state index contributed by atoms with van der Waals surface area (Å²) in [5.74, 6) is -2.30. The van der Waals surface area contributed by atoms with Gasteiger partial charge in [0.05, 0.1) is 17.3 Å². The SMILES string of the molecule is CCCC(NC(=O)[C@@H]1[C@@H]2[C@H](CN1C(=O)[C@@H](NC(=O)NC1(CS(=O)(=O)CC)CCCCC1)C1(C)CCCCC1)C2(C)C)C(=O)C(=O)NC1CC1. The first kappa shape index (κ1) is 37.6. The van der Waals surface area contributed by atoms with Crippen molar-refractivity contribution in [1.29, 1.82) is 0 Å². The number of carbonyl (C=O) groups excluding carboxylic acids is 5. The number of Topliss-reactive ketones (excluding diaryl/α,β-unsaturated/α-hetero) is 1. The molecule has 1 heterocycles. The van der Waals surface area contributed by atoms with Crippen LogP contribution in [0.15, 0.2) is 0 Å². The molecule has 0 bridgehead atoms. The van der Waals surface area contributed by atoms with Gasteiger partial charge in [0.15, 0.2) is 9.84 Å². The molecule has 1 saturated heterocycles. The zero-order valence-electron chi connectivity index (χ0n) is 30.2. The zero-order chi connectivity index (χ0) is 35.8. The quantitative estimate of drug-likeness (QED) is 0.201. The van der Waals surface area contributed by atoms with Crippen molar-refractivity contribution >= 4 is 39.4 Å². The maximum atomic E-state index is 14.8. The molecule has 4 aliphatic carbocycles. The second-order valence-electron chi connectivity index (χ2n) is 16.6. The zero-order valence-corrected chi connectivity index (χ0v) is 31.0. The molecule has 5 fully saturated rings. The number of amides is 5. The fourth-order valence-corrected chi connectivity index (χ4v) is 10.5. The Morgan fingerprint density at radius 3 is 2.04 bits per heavy atom. The van der Waals surface area contributed by atoms with Gasteiger partial charge in [0.2, 0.25) is 17.6 Å². The number of nitrogens with zero attached hydrogens (tertiary/aromatic N) is 1. The first-order valence-corrected chi connectivity index (χ1v) is 20.6. The van der Waals surface area contributed by atoms with Crippen molar-refractivity contribution in [2.24, 2.45) is 22.7 Å². The van der Waals surface area contributed by atoms with Crippen molar-refractivity contribution in [3.05, 3.63) is 0 Å². The van der Waals surface area contributed by atoms with E-state index < -0.39 is 62.5 Å². The number of hydrogen-bond acceptors (Lipinski definition) is 7. The number of fused-ring (bicyclic) bond motifs is 1. The Bertz CT molecular complexity index is 1400. The lowest BCUT2D eigenvalue weighted by atomic mass is 9.70. The standard InChI is InChI=1S/C36H59N5O7S/c1-6-14-25(28(42)31(44)37-23-15-16-23)38-30(43)27-26-24(34(26,3)4)21-41(27)32(45)29(35(5)17-10-8-11-18-35)39-33(46)40-36(19-12-9-13-20-36)22-49(47,48)7-2/h23-27,29H,6-22H2,1-5H3,(H,37,44)(H,38,43)(H2,39,40,46)/t24-,25?,26-,27-,29+/m0/s1. The van der Waals surface area contributed by atoms with E-state index in [0.29, 0.717) is 32.2 Å². The summed E-state index contributed by atoms with van der Waals surface area (Å²) in [5, 5.41) is 11.7. The average Bonchev–Trinajstić information content (AvgIpc) is 3.90. The van der Waals surface area contributed by atoms with Gasteiger partial charge < -0.3 is 26.2 Å². The van der Waals surface area contributed by atoms with Gasteiger partial charge in [0, 0.05) is 18.3 Å². The number of rotatable bonds is 14. The van der Waals surface area contributed by atoms with Crippen molar-refractivity contribution < 1.29 is 32.4 Å². The van der Waals surface area contributed by atoms with E-state index in [4.69, 9.17) is 0 Å². The van der Waals surface area contributed by atoms with Gasteiger partial charge in [0.1, 0.15) is 12.1 Å². The van der Waals surface area contributed by atoms with E-state index in [1.807, 2.05) is 13.8 Å². The van der Waals surface area contributed by atoms with Crippen LogP contribution in [0.1, 0.15) is 125 Å². The highest BCUT2D eigenvalue weighted by Gasteiger charge is 2.70. The minimum absolute atomic E-state index is 0.00970. The van der Waals surface area contributed by atoms with Crippen LogP contribution < -0.4 is 21.3 Å². The summed E-state index contributed by atoms with van der Waals surface area (Å²) in [4.78, 5) is 70.3. The topological polar surface area (TPSA) is 171 Å². The first-order chi connectivity index (χ1) is 23.1. The number of nitrogens with one attached hydrogen (secondary N) is 4. The van der Waals surface area contributed by atoms with Crippen LogP contribution >= 0.6 is 0 Å². The molecule has 0 aromatic rings. The summed E-state index contributed by atoms with van der Waals surface area (Å²) in [5.41, 5.74) is -1.64. The predicted octanol–water partition coefficient (Wildman–Crippen LogP) is 3.38. The highest BCUT2D eigenvalue weighted by molar-refractivity contribution is 7.91. The lowest BCUT2D eigenvalue weighted by Gasteiger charge is -2.44. The smallest absolute Gasteiger partial charge is 0.315 e. The van der Waals surface area contributed by atoms with E-state index in [1.165, 1.54) is 0 Å². The van der Waals surface area contributed by atoms with E-state index >= 15 is 0 Å². The summed E-state index contributed by atoms with van der Waals surface area (Å²) in [7, 11) is -3.38. The largest absolute Gasteiger partial charge is 0.347 e. The van der Waals surface area contributed by atoms with E-state index in [9.17, 15) is 32.4 Å². The Morgan fingerprint density at radius 1 is 0.857 bits per heavy atom. The molecule has 4 saturated carbocycles. The van der Waals surface area contributed by atoms with E-state index in [0.717, 1.165) is 64.2 Å². The number of hydrogen-bond donors (Lipinski definition) is 4. The molecule has 5 rings (SSSR count). The Kier molecular flexibility index (Phi) is 11.1. The Hall–Kier alpha value is -2.70. The van der Waals surface area contributed by atoms with Crippen molar-refractivity contribution in [2.45, 2.75) is 154 Å². The van der Waals surface area contributed by atoms with E-state index in [-0.39, 0.29) is 40.7 Å². The number of likely N-dealkylation sites (tertiary alicyclic amines) is 1. The first-order valence-electron chi connectivity index (χ1n) is 18.8. The van der Waals surface area contributed by atoms with Gasteiger partial charge in [-0.2, -0.15) is 0 Å². The third-order valence-corrected chi connectivity index (χ3v) is 14.3. The van der Waals surface area contributed by atoms with Crippen LogP contribution in [0.5, 0.6) is 0 Å². The number of carbonyl (C=O) groups is 5. The van der Waals surface area contributed by atoms with Gasteiger partial charge in [-0.05, 0) is 67.6 Å². The van der Waals surface area contributed by atoms with Crippen molar-refractivity contribution in [2.75, 3.05) is 18.1 Å². The summed E-state index contributed by atoms with van der Waals surface area (Å²) >= 11 is 0. The number of ketones is 1. The molecule has 13 heteroatoms. The molecule has 49 heavy (non-hydrogen) atoms. The van der Waals surface area contributed by atoms with Gasteiger partial charge in [-0.3, -0.25) is 19.2 Å². The maximum Gasteiger partial charge on any atom is 0.315 e. The predicted molar refractivity (Wildman–Crippen MR) is 186 cm³/mol. The Labute approximate surface area is 292 Å². The minimum Gasteiger partial charge on any atom is -0.347 e. The third kappa shape index (κ3) is 8.28. The normalized spacial score (nSPS) is 27.9. The van der Waals surface area contributed by atoms with Gasteiger partial charge in [0.25, 0.3) is 5.91 Å². The van der Waals surface area contributed by atoms with Gasteiger partial charge >= 0.3 is 6.03 Å². The molecule has 0 aromatic heterocycles. The van der Waals surface area contributed by atoms with E-state index in [2.05, 4.69) is 35.1 Å². The van der Waals surface area contributed by atoms with E-state index in [1.54, 1.807) is 11.8 Å². The van der Waals surface area contributed by atoms with Crippen LogP contribution in [0.2, 0.25) is 0 Å². The molecule has 0 aromatic carbocycles. The Balaban J connectivity index is 1.38. The monoisotopic (exact) mass is 705 g/mol. The van der Waals surface area contributed by atoms with Crippen molar-refractivity contribution in [3.63, 3.8) is 0 Å². The molecule has 0 radical (unpaired) electrons. The molecule has 5 aliphatic rings. The second-order valence-corrected chi connectivity index (χ2v) is 19.0. The summed E-state index contributed by atoms with van der Waals surface area (Å²) in [6.45, 7) is 10.1. The molecule has 12 nitrogen and oxygen atoms in total. The molecule has 4 N–H and O–H groups in total. The third-order valence-electron chi connectivity index (χ3n) is 12.4. The Morgan fingerprint density at radius 2 is 1.47 bits per heavy atom. The molecule has 5 amide bonds. The number of sulfone groups is 1. The van der Waals surface area contributed by atoms with Crippen LogP contribution in [-0.2, 0) is 29.0 Å². The van der Waals surface area contributed by atoms with Gasteiger partial charge in [-0.15, -0.1) is 0 Å². The lowest BCUT2D eigenvalue weighted by molar-refractivity contribution is -0.146. The van der Waals surface area contributed by atoms with Gasteiger partial charge in [-0.25, -0.2) is 13.2 Å². The maximum absolute atomic E-state index is 14.8. The fourth-order valence-electron chi connectivity index (χ4n) is 9.08. The molecule has 0 spiro atoms. The molecule has 1 aliphatic heterocycles. The van der Waals surface area contributed by atoms with Crippen LogP contribution in [0.25, 0.3) is 0 Å². The molecular formula is C36H59N5O7S. The molecule has 1 unspecified atom stereocenters. The van der Waals surface area contributed by atoms with Crippen LogP contribution in [0.4, 0.5) is 4.79 Å². The molecule has 5 atom stereocenters. The molecule has 276 valence electrons. The highest BCUT2D eigenvalue weighted by Crippen LogP contribution is 2.65. The van der Waals surface area contributed by atoms with Crippen molar-refractivity contribution in [1.82, 2.24) is 26.2 Å². The van der Waals surface area contributed by atoms with Crippen LogP contribution in [-0.4, -0.2) is 90.6 Å².